The van der Waals surface area contributed by atoms with Crippen LogP contribution in [0.5, 0.6) is 0 Å². The van der Waals surface area contributed by atoms with E-state index in [0.29, 0.717) is 32.4 Å². The number of hydrogen-bond acceptors (Lipinski definition) is 3. The fourth-order valence-electron chi connectivity index (χ4n) is 3.13. The Morgan fingerprint density at radius 1 is 1.10 bits per heavy atom. The molecule has 0 radical (unpaired) electrons. The number of hydrogen-bond donors (Lipinski definition) is 2. The van der Waals surface area contributed by atoms with Crippen molar-refractivity contribution in [1.82, 2.24) is 15.1 Å². The van der Waals surface area contributed by atoms with Crippen molar-refractivity contribution in [3.8, 4) is 0 Å². The molecule has 2 aliphatic rings. The summed E-state index contributed by atoms with van der Waals surface area (Å²) in [6.07, 6.45) is 3.79. The van der Waals surface area contributed by atoms with E-state index in [4.69, 9.17) is 5.11 Å². The second-order valence-electron chi connectivity index (χ2n) is 5.73. The molecule has 7 heteroatoms. The molecule has 0 aromatic heterocycles. The van der Waals surface area contributed by atoms with Gasteiger partial charge in [0.15, 0.2) is 0 Å². The normalized spacial score (nSPS) is 26.3. The van der Waals surface area contributed by atoms with Gasteiger partial charge in [0, 0.05) is 26.7 Å². The van der Waals surface area contributed by atoms with Crippen molar-refractivity contribution in [2.45, 2.75) is 38.1 Å². The van der Waals surface area contributed by atoms with Gasteiger partial charge in [-0.1, -0.05) is 0 Å². The second kappa shape index (κ2) is 6.78. The highest BCUT2D eigenvalue weighted by Crippen LogP contribution is 2.22. The number of carboxylic acids is 1. The minimum absolute atomic E-state index is 0.144. The molecule has 2 saturated heterocycles. The number of likely N-dealkylation sites (tertiary alicyclic amines) is 2. The highest BCUT2D eigenvalue weighted by Gasteiger charge is 2.36. The molecule has 7 nitrogen and oxygen atoms in total. The Balaban J connectivity index is 2.06. The first-order chi connectivity index (χ1) is 10.0. The predicted octanol–water partition coefficient (Wildman–Crippen LogP) is 0.504. The van der Waals surface area contributed by atoms with E-state index in [1.807, 2.05) is 0 Å². The summed E-state index contributed by atoms with van der Waals surface area (Å²) < 4.78 is 0. The SMILES string of the molecule is CNC(=O)C1CCCCN1C(=O)N1CCC[C@H](C(=O)O)C1. The summed E-state index contributed by atoms with van der Waals surface area (Å²) in [5.41, 5.74) is 0. The Bertz CT molecular complexity index is 426. The van der Waals surface area contributed by atoms with Gasteiger partial charge in [-0.15, -0.1) is 0 Å². The maximum atomic E-state index is 12.6. The monoisotopic (exact) mass is 297 g/mol. The molecule has 2 aliphatic heterocycles. The second-order valence-corrected chi connectivity index (χ2v) is 5.73. The van der Waals surface area contributed by atoms with Gasteiger partial charge in [-0.25, -0.2) is 4.79 Å². The van der Waals surface area contributed by atoms with Gasteiger partial charge < -0.3 is 20.2 Å². The number of rotatable bonds is 2. The number of carbonyl (C=O) groups is 3. The van der Waals surface area contributed by atoms with Crippen LogP contribution in [0.4, 0.5) is 4.79 Å². The van der Waals surface area contributed by atoms with Gasteiger partial charge in [0.2, 0.25) is 5.91 Å². The fourth-order valence-corrected chi connectivity index (χ4v) is 3.13. The number of likely N-dealkylation sites (N-methyl/N-ethyl adjacent to an activating group) is 1. The maximum absolute atomic E-state index is 12.6. The van der Waals surface area contributed by atoms with E-state index >= 15 is 0 Å². The first kappa shape index (κ1) is 15.6. The third-order valence-electron chi connectivity index (χ3n) is 4.34. The first-order valence-electron chi connectivity index (χ1n) is 7.54. The van der Waals surface area contributed by atoms with Gasteiger partial charge in [-0.2, -0.15) is 0 Å². The minimum Gasteiger partial charge on any atom is -0.481 e. The zero-order valence-electron chi connectivity index (χ0n) is 12.4. The third kappa shape index (κ3) is 3.46. The van der Waals surface area contributed by atoms with Crippen LogP contribution in [0.2, 0.25) is 0 Å². The van der Waals surface area contributed by atoms with E-state index in [1.165, 1.54) is 0 Å². The zero-order chi connectivity index (χ0) is 15.4. The molecule has 2 heterocycles. The van der Waals surface area contributed by atoms with Crippen LogP contribution in [0.15, 0.2) is 0 Å². The summed E-state index contributed by atoms with van der Waals surface area (Å²) in [5, 5.41) is 11.7. The van der Waals surface area contributed by atoms with Crippen molar-refractivity contribution in [1.29, 1.82) is 0 Å². The summed E-state index contributed by atoms with van der Waals surface area (Å²) in [5.74, 6) is -1.49. The molecular formula is C14H23N3O4. The number of piperidine rings is 2. The van der Waals surface area contributed by atoms with Gasteiger partial charge in [0.05, 0.1) is 5.92 Å². The number of carbonyl (C=O) groups excluding carboxylic acids is 2. The number of nitrogens with one attached hydrogen (secondary N) is 1. The standard InChI is InChI=1S/C14H23N3O4/c1-15-12(18)11-6-2-3-8-17(11)14(21)16-7-4-5-10(9-16)13(19)20/h10-11H,2-9H2,1H3,(H,15,18)(H,19,20)/t10-,11?/m0/s1. The highest BCUT2D eigenvalue weighted by atomic mass is 16.4. The summed E-state index contributed by atoms with van der Waals surface area (Å²) >= 11 is 0. The Morgan fingerprint density at radius 2 is 1.86 bits per heavy atom. The minimum atomic E-state index is -0.853. The van der Waals surface area contributed by atoms with Crippen LogP contribution in [-0.4, -0.2) is 65.5 Å². The number of amides is 3. The van der Waals surface area contributed by atoms with E-state index in [2.05, 4.69) is 5.32 Å². The van der Waals surface area contributed by atoms with E-state index in [0.717, 1.165) is 12.8 Å². The quantitative estimate of drug-likeness (QED) is 0.777. The smallest absolute Gasteiger partial charge is 0.320 e. The van der Waals surface area contributed by atoms with Gasteiger partial charge >= 0.3 is 12.0 Å². The summed E-state index contributed by atoms with van der Waals surface area (Å²) in [7, 11) is 1.57. The first-order valence-corrected chi connectivity index (χ1v) is 7.54. The zero-order valence-corrected chi connectivity index (χ0v) is 12.4. The lowest BCUT2D eigenvalue weighted by Crippen LogP contribution is -2.57. The van der Waals surface area contributed by atoms with Crippen molar-refractivity contribution in [2.24, 2.45) is 5.92 Å². The van der Waals surface area contributed by atoms with Crippen molar-refractivity contribution in [3.05, 3.63) is 0 Å². The van der Waals surface area contributed by atoms with Crippen LogP contribution in [0.3, 0.4) is 0 Å². The molecule has 0 spiro atoms. The average molecular weight is 297 g/mol. The molecule has 2 rings (SSSR count). The van der Waals surface area contributed by atoms with Crippen LogP contribution < -0.4 is 5.32 Å². The largest absolute Gasteiger partial charge is 0.481 e. The summed E-state index contributed by atoms with van der Waals surface area (Å²) in [6.45, 7) is 1.37. The summed E-state index contributed by atoms with van der Waals surface area (Å²) in [4.78, 5) is 38.8. The van der Waals surface area contributed by atoms with E-state index in [1.54, 1.807) is 16.8 Å². The number of aliphatic carboxylic acids is 1. The number of urea groups is 1. The van der Waals surface area contributed by atoms with E-state index in [9.17, 15) is 14.4 Å². The predicted molar refractivity (Wildman–Crippen MR) is 75.7 cm³/mol. The van der Waals surface area contributed by atoms with E-state index in [-0.39, 0.29) is 18.5 Å². The lowest BCUT2D eigenvalue weighted by atomic mass is 9.98. The molecular weight excluding hydrogens is 274 g/mol. The molecule has 2 atom stereocenters. The summed E-state index contributed by atoms with van der Waals surface area (Å²) in [6, 6.07) is -0.629. The molecule has 0 aromatic rings. The Hall–Kier alpha value is -1.79. The molecule has 0 saturated carbocycles. The van der Waals surface area contributed by atoms with Crippen molar-refractivity contribution >= 4 is 17.9 Å². The maximum Gasteiger partial charge on any atom is 0.320 e. The van der Waals surface area contributed by atoms with Gasteiger partial charge in [-0.3, -0.25) is 9.59 Å². The number of carboxylic acid groups (broad SMARTS) is 1. The molecule has 0 aromatic carbocycles. The van der Waals surface area contributed by atoms with Crippen LogP contribution in [0.25, 0.3) is 0 Å². The van der Waals surface area contributed by atoms with Crippen LogP contribution in [0.1, 0.15) is 32.1 Å². The number of nitrogens with zero attached hydrogens (tertiary/aromatic N) is 2. The molecule has 3 amide bonds. The average Bonchev–Trinajstić information content (AvgIpc) is 2.53. The Labute approximate surface area is 124 Å². The molecule has 118 valence electrons. The van der Waals surface area contributed by atoms with Crippen molar-refractivity contribution < 1.29 is 19.5 Å². The van der Waals surface area contributed by atoms with Gasteiger partial charge in [0.1, 0.15) is 6.04 Å². The molecule has 0 bridgehead atoms. The van der Waals surface area contributed by atoms with Gasteiger partial charge in [0.25, 0.3) is 0 Å². The topological polar surface area (TPSA) is 90.0 Å². The third-order valence-corrected chi connectivity index (χ3v) is 4.34. The van der Waals surface area contributed by atoms with Crippen LogP contribution in [-0.2, 0) is 9.59 Å². The van der Waals surface area contributed by atoms with Crippen molar-refractivity contribution in [3.63, 3.8) is 0 Å². The lowest BCUT2D eigenvalue weighted by molar-refractivity contribution is -0.143. The molecule has 21 heavy (non-hydrogen) atoms. The molecule has 2 fully saturated rings. The van der Waals surface area contributed by atoms with E-state index < -0.39 is 17.9 Å². The fraction of sp³-hybridized carbons (Fsp3) is 0.786. The van der Waals surface area contributed by atoms with Gasteiger partial charge in [-0.05, 0) is 32.1 Å². The van der Waals surface area contributed by atoms with Crippen molar-refractivity contribution in [2.75, 3.05) is 26.7 Å². The molecule has 0 aliphatic carbocycles. The Morgan fingerprint density at radius 3 is 2.52 bits per heavy atom. The highest BCUT2D eigenvalue weighted by molar-refractivity contribution is 5.87. The van der Waals surface area contributed by atoms with Crippen LogP contribution >= 0.6 is 0 Å². The molecule has 1 unspecified atom stereocenters. The Kier molecular flexibility index (Phi) is 5.03. The van der Waals surface area contributed by atoms with Crippen LogP contribution in [0, 0.1) is 5.92 Å². The molecule has 2 N–H and O–H groups in total. The lowest BCUT2D eigenvalue weighted by Gasteiger charge is -2.40.